The molecule has 2 nitrogen and oxygen atoms in total. The molecule has 0 N–H and O–H groups in total. The van der Waals surface area contributed by atoms with E-state index in [0.717, 1.165) is 41.4 Å². The van der Waals surface area contributed by atoms with Crippen molar-refractivity contribution in [3.8, 4) is 11.1 Å². The predicted octanol–water partition coefficient (Wildman–Crippen LogP) is 5.15. The molecule has 0 amide bonds. The van der Waals surface area contributed by atoms with Gasteiger partial charge in [-0.15, -0.1) is 0 Å². The molecule has 1 heterocycles. The maximum atomic E-state index is 12.5. The highest BCUT2D eigenvalue weighted by atomic mass is 16.4. The molecule has 2 heteroatoms. The van der Waals surface area contributed by atoms with E-state index in [1.807, 2.05) is 18.2 Å². The smallest absolute Gasteiger partial charge is 0.344 e. The van der Waals surface area contributed by atoms with Crippen LogP contribution in [-0.2, 0) is 19.3 Å². The van der Waals surface area contributed by atoms with Crippen molar-refractivity contribution in [2.24, 2.45) is 0 Å². The second-order valence-corrected chi connectivity index (χ2v) is 5.83. The zero-order valence-electron chi connectivity index (χ0n) is 14.0. The lowest BCUT2D eigenvalue weighted by molar-refractivity contribution is 0.559. The number of rotatable bonds is 4. The van der Waals surface area contributed by atoms with Gasteiger partial charge in [0.1, 0.15) is 5.58 Å². The fraction of sp³-hybridized carbons (Fsp3) is 0.286. The van der Waals surface area contributed by atoms with Gasteiger partial charge < -0.3 is 4.42 Å². The molecule has 3 aromatic rings. The van der Waals surface area contributed by atoms with Crippen molar-refractivity contribution in [2.45, 2.75) is 40.0 Å². The molecule has 0 atom stereocenters. The monoisotopic (exact) mass is 306 g/mol. The molecule has 2 aromatic carbocycles. The highest BCUT2D eigenvalue weighted by Gasteiger charge is 2.12. The number of hydrogen-bond acceptors (Lipinski definition) is 2. The van der Waals surface area contributed by atoms with Crippen LogP contribution in [0.2, 0.25) is 0 Å². The topological polar surface area (TPSA) is 30.2 Å². The van der Waals surface area contributed by atoms with E-state index < -0.39 is 0 Å². The van der Waals surface area contributed by atoms with Gasteiger partial charge in [-0.05, 0) is 47.6 Å². The van der Waals surface area contributed by atoms with Gasteiger partial charge in [-0.1, -0.05) is 57.2 Å². The zero-order valence-corrected chi connectivity index (χ0v) is 14.0. The number of benzene rings is 2. The van der Waals surface area contributed by atoms with Gasteiger partial charge in [0, 0.05) is 5.39 Å². The summed E-state index contributed by atoms with van der Waals surface area (Å²) < 4.78 is 5.71. The summed E-state index contributed by atoms with van der Waals surface area (Å²) in [5, 5.41) is 0.994. The molecule has 23 heavy (non-hydrogen) atoms. The Morgan fingerprint density at radius 1 is 0.870 bits per heavy atom. The van der Waals surface area contributed by atoms with Crippen molar-refractivity contribution >= 4 is 11.0 Å². The van der Waals surface area contributed by atoms with Crippen LogP contribution >= 0.6 is 0 Å². The van der Waals surface area contributed by atoms with Crippen LogP contribution in [-0.4, -0.2) is 0 Å². The lowest BCUT2D eigenvalue weighted by Gasteiger charge is -2.10. The Balaban J connectivity index is 2.20. The molecular formula is C21H22O2. The highest BCUT2D eigenvalue weighted by Crippen LogP contribution is 2.26. The third-order valence-corrected chi connectivity index (χ3v) is 4.51. The summed E-state index contributed by atoms with van der Waals surface area (Å²) in [5.41, 5.74) is 5.69. The molecular weight excluding hydrogens is 284 g/mol. The van der Waals surface area contributed by atoms with Crippen LogP contribution in [0.25, 0.3) is 22.1 Å². The Kier molecular flexibility index (Phi) is 4.33. The van der Waals surface area contributed by atoms with Gasteiger partial charge >= 0.3 is 5.63 Å². The van der Waals surface area contributed by atoms with Crippen LogP contribution in [0.4, 0.5) is 0 Å². The molecule has 118 valence electrons. The first-order valence-corrected chi connectivity index (χ1v) is 8.35. The first-order chi connectivity index (χ1) is 11.2. The maximum absolute atomic E-state index is 12.5. The van der Waals surface area contributed by atoms with Crippen LogP contribution in [0.3, 0.4) is 0 Å². The first kappa shape index (κ1) is 15.5. The van der Waals surface area contributed by atoms with E-state index in [4.69, 9.17) is 4.42 Å². The van der Waals surface area contributed by atoms with Crippen LogP contribution in [0.15, 0.2) is 51.7 Å². The largest absolute Gasteiger partial charge is 0.422 e. The normalized spacial score (nSPS) is 11.1. The van der Waals surface area contributed by atoms with Crippen molar-refractivity contribution in [3.63, 3.8) is 0 Å². The summed E-state index contributed by atoms with van der Waals surface area (Å²) in [6.07, 6.45) is 2.81. The zero-order chi connectivity index (χ0) is 16.4. The van der Waals surface area contributed by atoms with Gasteiger partial charge in [0.15, 0.2) is 0 Å². The average molecular weight is 306 g/mol. The fourth-order valence-corrected chi connectivity index (χ4v) is 3.12. The molecule has 0 aliphatic heterocycles. The van der Waals surface area contributed by atoms with Crippen molar-refractivity contribution < 1.29 is 4.42 Å². The van der Waals surface area contributed by atoms with E-state index in [0.29, 0.717) is 5.56 Å². The van der Waals surface area contributed by atoms with Crippen LogP contribution < -0.4 is 5.63 Å². The van der Waals surface area contributed by atoms with Crippen LogP contribution in [0.1, 0.15) is 37.5 Å². The van der Waals surface area contributed by atoms with Gasteiger partial charge in [0.2, 0.25) is 0 Å². The van der Waals surface area contributed by atoms with Gasteiger partial charge in [-0.2, -0.15) is 0 Å². The Labute approximate surface area is 136 Å². The Morgan fingerprint density at radius 3 is 2.22 bits per heavy atom. The molecule has 0 spiro atoms. The number of fused-ring (bicyclic) bond motifs is 1. The minimum Gasteiger partial charge on any atom is -0.422 e. The summed E-state index contributed by atoms with van der Waals surface area (Å²) in [6.45, 7) is 6.35. The van der Waals surface area contributed by atoms with E-state index in [1.54, 1.807) is 0 Å². The van der Waals surface area contributed by atoms with Crippen LogP contribution in [0, 0.1) is 0 Å². The molecule has 0 radical (unpaired) electrons. The van der Waals surface area contributed by atoms with Crippen molar-refractivity contribution in [2.75, 3.05) is 0 Å². The standard InChI is InChI=1S/C21H22O2/c1-4-14-7-9-16(10-8-14)19-13-17-12-11-15(5-2)18(6-3)20(17)23-21(19)22/h7-13H,4-6H2,1-3H3. The number of hydrogen-bond donors (Lipinski definition) is 0. The molecule has 0 saturated carbocycles. The molecule has 0 bridgehead atoms. The maximum Gasteiger partial charge on any atom is 0.344 e. The third kappa shape index (κ3) is 2.81. The van der Waals surface area contributed by atoms with E-state index in [2.05, 4.69) is 45.0 Å². The molecule has 0 aliphatic rings. The minimum absolute atomic E-state index is 0.260. The molecule has 0 aliphatic carbocycles. The summed E-state index contributed by atoms with van der Waals surface area (Å²) in [4.78, 5) is 12.5. The average Bonchev–Trinajstić information content (AvgIpc) is 2.60. The van der Waals surface area contributed by atoms with E-state index in [1.165, 1.54) is 11.1 Å². The molecule has 0 saturated heterocycles. The second kappa shape index (κ2) is 6.41. The minimum atomic E-state index is -0.260. The van der Waals surface area contributed by atoms with Gasteiger partial charge in [-0.25, -0.2) is 4.79 Å². The fourth-order valence-electron chi connectivity index (χ4n) is 3.12. The first-order valence-electron chi connectivity index (χ1n) is 8.35. The van der Waals surface area contributed by atoms with Crippen molar-refractivity contribution in [1.29, 1.82) is 0 Å². The highest BCUT2D eigenvalue weighted by molar-refractivity contribution is 5.85. The van der Waals surface area contributed by atoms with Crippen molar-refractivity contribution in [1.82, 2.24) is 0 Å². The molecule has 1 aromatic heterocycles. The molecule has 0 unspecified atom stereocenters. The Hall–Kier alpha value is -2.35. The Bertz CT molecular complexity index is 886. The summed E-state index contributed by atoms with van der Waals surface area (Å²) >= 11 is 0. The quantitative estimate of drug-likeness (QED) is 0.624. The van der Waals surface area contributed by atoms with E-state index in [9.17, 15) is 4.79 Å². The van der Waals surface area contributed by atoms with Gasteiger partial charge in [0.05, 0.1) is 5.56 Å². The number of aryl methyl sites for hydroxylation is 3. The Morgan fingerprint density at radius 2 is 1.61 bits per heavy atom. The summed E-state index contributed by atoms with van der Waals surface area (Å²) in [6, 6.07) is 14.3. The third-order valence-electron chi connectivity index (χ3n) is 4.51. The summed E-state index contributed by atoms with van der Waals surface area (Å²) in [5.74, 6) is 0. The predicted molar refractivity (Wildman–Crippen MR) is 96.1 cm³/mol. The summed E-state index contributed by atoms with van der Waals surface area (Å²) in [7, 11) is 0. The van der Waals surface area contributed by atoms with E-state index >= 15 is 0 Å². The molecule has 0 fully saturated rings. The van der Waals surface area contributed by atoms with Crippen LogP contribution in [0.5, 0.6) is 0 Å². The van der Waals surface area contributed by atoms with Gasteiger partial charge in [-0.3, -0.25) is 0 Å². The lowest BCUT2D eigenvalue weighted by atomic mass is 9.98. The second-order valence-electron chi connectivity index (χ2n) is 5.83. The van der Waals surface area contributed by atoms with E-state index in [-0.39, 0.29) is 5.63 Å². The van der Waals surface area contributed by atoms with Crippen molar-refractivity contribution in [3.05, 3.63) is 69.6 Å². The SMILES string of the molecule is CCc1ccc(-c2cc3ccc(CC)c(CC)c3oc2=O)cc1. The lowest BCUT2D eigenvalue weighted by Crippen LogP contribution is -2.05. The van der Waals surface area contributed by atoms with Gasteiger partial charge in [0.25, 0.3) is 0 Å². The molecule has 3 rings (SSSR count).